The van der Waals surface area contributed by atoms with Gasteiger partial charge in [0.1, 0.15) is 0 Å². The standard InChI is InChI=1S/C39H31N/c1-39(2)34-24-30(27-14-8-4-9-15-27)19-21-37(34)40-36-20-18-29(26-12-6-3-7-13-26)22-32(36)33-23-31(25-35(39)38(33)40)28-16-10-5-11-17-28/h4-6,8-25H,3,7H2,1-2H3. The second-order valence-corrected chi connectivity index (χ2v) is 11.7. The molecule has 0 amide bonds. The van der Waals surface area contributed by atoms with Crippen LogP contribution in [0.2, 0.25) is 0 Å². The van der Waals surface area contributed by atoms with E-state index in [1.165, 1.54) is 72.0 Å². The summed E-state index contributed by atoms with van der Waals surface area (Å²) in [4.78, 5) is 0. The maximum Gasteiger partial charge on any atom is 0.0582 e. The molecular formula is C39H31N. The largest absolute Gasteiger partial charge is 0.309 e. The van der Waals surface area contributed by atoms with E-state index < -0.39 is 0 Å². The van der Waals surface area contributed by atoms with Crippen molar-refractivity contribution in [2.24, 2.45) is 0 Å². The molecule has 1 aliphatic heterocycles. The van der Waals surface area contributed by atoms with Gasteiger partial charge in [-0.15, -0.1) is 0 Å². The van der Waals surface area contributed by atoms with E-state index in [1.54, 1.807) is 0 Å². The molecule has 1 nitrogen and oxygen atoms in total. The molecule has 0 unspecified atom stereocenters. The van der Waals surface area contributed by atoms with Crippen LogP contribution in [0.15, 0.2) is 127 Å². The van der Waals surface area contributed by atoms with Crippen molar-refractivity contribution in [2.75, 3.05) is 0 Å². The molecule has 0 fully saturated rings. The molecule has 0 atom stereocenters. The molecule has 2 heterocycles. The second-order valence-electron chi connectivity index (χ2n) is 11.7. The van der Waals surface area contributed by atoms with Crippen molar-refractivity contribution in [2.45, 2.75) is 32.1 Å². The summed E-state index contributed by atoms with van der Waals surface area (Å²) in [6.07, 6.45) is 9.20. The number of hydrogen-bond acceptors (Lipinski definition) is 0. The van der Waals surface area contributed by atoms with Gasteiger partial charge in [-0.3, -0.25) is 0 Å². The normalized spacial score (nSPS) is 15.3. The fourth-order valence-electron chi connectivity index (χ4n) is 6.87. The maximum absolute atomic E-state index is 2.53. The van der Waals surface area contributed by atoms with Crippen molar-refractivity contribution >= 4 is 27.4 Å². The van der Waals surface area contributed by atoms with E-state index in [1.807, 2.05) is 0 Å². The Kier molecular flexibility index (Phi) is 5.06. The third kappa shape index (κ3) is 3.41. The summed E-state index contributed by atoms with van der Waals surface area (Å²) in [5.41, 5.74) is 14.2. The summed E-state index contributed by atoms with van der Waals surface area (Å²) in [5, 5.41) is 2.65. The number of hydrogen-bond donors (Lipinski definition) is 0. The third-order valence-electron chi connectivity index (χ3n) is 8.99. The predicted octanol–water partition coefficient (Wildman–Crippen LogP) is 10.5. The van der Waals surface area contributed by atoms with E-state index in [0.29, 0.717) is 0 Å². The Balaban J connectivity index is 1.47. The lowest BCUT2D eigenvalue weighted by molar-refractivity contribution is 0.630. The predicted molar refractivity (Wildman–Crippen MR) is 170 cm³/mol. The van der Waals surface area contributed by atoms with Crippen LogP contribution < -0.4 is 0 Å². The minimum atomic E-state index is -0.162. The number of allylic oxidation sites excluding steroid dienone is 4. The van der Waals surface area contributed by atoms with Crippen LogP contribution in [0.3, 0.4) is 0 Å². The molecule has 0 saturated heterocycles. The van der Waals surface area contributed by atoms with Gasteiger partial charge in [0.2, 0.25) is 0 Å². The van der Waals surface area contributed by atoms with Crippen molar-refractivity contribution in [1.29, 1.82) is 0 Å². The van der Waals surface area contributed by atoms with Gasteiger partial charge < -0.3 is 4.57 Å². The van der Waals surface area contributed by atoms with Crippen LogP contribution in [0, 0.1) is 0 Å². The Morgan fingerprint density at radius 1 is 0.575 bits per heavy atom. The van der Waals surface area contributed by atoms with Crippen molar-refractivity contribution in [3.05, 3.63) is 144 Å². The first-order chi connectivity index (χ1) is 19.6. The van der Waals surface area contributed by atoms with Gasteiger partial charge in [0, 0.05) is 16.2 Å². The lowest BCUT2D eigenvalue weighted by atomic mass is 9.73. The third-order valence-corrected chi connectivity index (χ3v) is 8.99. The van der Waals surface area contributed by atoms with Crippen LogP contribution in [0.25, 0.3) is 55.3 Å². The molecule has 6 aromatic rings. The van der Waals surface area contributed by atoms with Gasteiger partial charge in [-0.2, -0.15) is 0 Å². The van der Waals surface area contributed by atoms with E-state index in [4.69, 9.17) is 0 Å². The highest BCUT2D eigenvalue weighted by Crippen LogP contribution is 2.50. The summed E-state index contributed by atoms with van der Waals surface area (Å²) in [5.74, 6) is 0. The molecule has 1 aliphatic carbocycles. The Morgan fingerprint density at radius 3 is 1.98 bits per heavy atom. The number of aromatic nitrogens is 1. The van der Waals surface area contributed by atoms with Crippen LogP contribution in [-0.2, 0) is 5.41 Å². The molecule has 1 heteroatoms. The highest BCUT2D eigenvalue weighted by atomic mass is 15.0. The topological polar surface area (TPSA) is 4.93 Å². The lowest BCUT2D eigenvalue weighted by Gasteiger charge is -2.35. The maximum atomic E-state index is 2.53. The SMILES string of the molecule is CC1(C)c2cc(-c3ccccc3)ccc2-n2c3ccc(C4=CCCC=C4)cc3c3cc(-c4ccccc4)cc1c32. The quantitative estimate of drug-likeness (QED) is 0.222. The average Bonchev–Trinajstić information content (AvgIpc) is 3.34. The molecule has 5 aromatic carbocycles. The fraction of sp³-hybridized carbons (Fsp3) is 0.128. The molecular weight excluding hydrogens is 482 g/mol. The van der Waals surface area contributed by atoms with Crippen molar-refractivity contribution in [3.63, 3.8) is 0 Å². The molecule has 0 bridgehead atoms. The molecule has 0 saturated carbocycles. The number of rotatable bonds is 3. The zero-order valence-electron chi connectivity index (χ0n) is 23.0. The molecule has 0 radical (unpaired) electrons. The van der Waals surface area contributed by atoms with Gasteiger partial charge in [0.15, 0.2) is 0 Å². The van der Waals surface area contributed by atoms with Gasteiger partial charge in [0.25, 0.3) is 0 Å². The van der Waals surface area contributed by atoms with Crippen LogP contribution in [-0.4, -0.2) is 4.57 Å². The number of benzene rings is 5. The first kappa shape index (κ1) is 23.3. The van der Waals surface area contributed by atoms with Gasteiger partial charge in [-0.05, 0) is 93.8 Å². The molecule has 40 heavy (non-hydrogen) atoms. The average molecular weight is 514 g/mol. The van der Waals surface area contributed by atoms with Crippen LogP contribution in [0.4, 0.5) is 0 Å². The van der Waals surface area contributed by atoms with E-state index in [0.717, 1.165) is 12.8 Å². The summed E-state index contributed by atoms with van der Waals surface area (Å²) >= 11 is 0. The Hall–Kier alpha value is -4.62. The van der Waals surface area contributed by atoms with Gasteiger partial charge in [-0.25, -0.2) is 0 Å². The fourth-order valence-corrected chi connectivity index (χ4v) is 6.87. The highest BCUT2D eigenvalue weighted by molar-refractivity contribution is 6.13. The molecule has 1 aromatic heterocycles. The summed E-state index contributed by atoms with van der Waals surface area (Å²) in [7, 11) is 0. The lowest BCUT2D eigenvalue weighted by Crippen LogP contribution is -2.26. The zero-order chi connectivity index (χ0) is 26.8. The molecule has 2 aliphatic rings. The van der Waals surface area contributed by atoms with Gasteiger partial charge >= 0.3 is 0 Å². The van der Waals surface area contributed by atoms with Gasteiger partial charge in [0.05, 0.1) is 16.7 Å². The zero-order valence-corrected chi connectivity index (χ0v) is 23.0. The smallest absolute Gasteiger partial charge is 0.0582 e. The van der Waals surface area contributed by atoms with Crippen LogP contribution in [0.5, 0.6) is 0 Å². The molecule has 8 rings (SSSR count). The Bertz CT molecular complexity index is 2000. The second kappa shape index (κ2) is 8.69. The monoisotopic (exact) mass is 513 g/mol. The van der Waals surface area contributed by atoms with Crippen molar-refractivity contribution in [3.8, 4) is 27.9 Å². The van der Waals surface area contributed by atoms with Crippen LogP contribution >= 0.6 is 0 Å². The first-order valence-corrected chi connectivity index (χ1v) is 14.4. The van der Waals surface area contributed by atoms with Crippen molar-refractivity contribution < 1.29 is 0 Å². The molecule has 0 N–H and O–H groups in total. The van der Waals surface area contributed by atoms with Gasteiger partial charge in [-0.1, -0.05) is 105 Å². The van der Waals surface area contributed by atoms with Crippen LogP contribution in [0.1, 0.15) is 43.4 Å². The van der Waals surface area contributed by atoms with E-state index >= 15 is 0 Å². The minimum Gasteiger partial charge on any atom is -0.309 e. The first-order valence-electron chi connectivity index (χ1n) is 14.4. The Morgan fingerprint density at radius 2 is 1.25 bits per heavy atom. The number of nitrogens with zero attached hydrogens (tertiary/aromatic N) is 1. The number of fused-ring (bicyclic) bond motifs is 5. The summed E-state index contributed by atoms with van der Waals surface area (Å²) in [6.45, 7) is 4.79. The summed E-state index contributed by atoms with van der Waals surface area (Å²) in [6, 6.07) is 40.6. The van der Waals surface area contributed by atoms with E-state index in [9.17, 15) is 0 Å². The van der Waals surface area contributed by atoms with E-state index in [-0.39, 0.29) is 5.41 Å². The molecule has 0 spiro atoms. The van der Waals surface area contributed by atoms with Crippen molar-refractivity contribution in [1.82, 2.24) is 4.57 Å². The molecule has 192 valence electrons. The minimum absolute atomic E-state index is 0.162. The van der Waals surface area contributed by atoms with E-state index in [2.05, 4.69) is 146 Å². The highest BCUT2D eigenvalue weighted by Gasteiger charge is 2.36. The summed E-state index contributed by atoms with van der Waals surface area (Å²) < 4.78 is 2.53. The Labute approximate surface area is 235 Å².